The summed E-state index contributed by atoms with van der Waals surface area (Å²) in [7, 11) is 3.36. The molecule has 0 saturated carbocycles. The zero-order valence-electron chi connectivity index (χ0n) is 12.3. The maximum atomic E-state index is 13.7. The van der Waals surface area contributed by atoms with Crippen molar-refractivity contribution in [2.45, 2.75) is 26.4 Å². The number of ether oxygens (including phenoxy) is 1. The van der Waals surface area contributed by atoms with E-state index in [0.29, 0.717) is 6.54 Å². The number of benzene rings is 1. The zero-order chi connectivity index (χ0) is 14.7. The van der Waals surface area contributed by atoms with Gasteiger partial charge >= 0.3 is 0 Å². The van der Waals surface area contributed by atoms with E-state index in [2.05, 4.69) is 10.4 Å². The molecule has 108 valence electrons. The average molecular weight is 277 g/mol. The molecule has 0 aliphatic rings. The fourth-order valence-corrected chi connectivity index (χ4v) is 2.16. The lowest BCUT2D eigenvalue weighted by molar-refractivity contribution is 0.385. The van der Waals surface area contributed by atoms with Crippen LogP contribution in [0.1, 0.15) is 29.8 Å². The van der Waals surface area contributed by atoms with Crippen molar-refractivity contribution in [1.82, 2.24) is 15.1 Å². The highest BCUT2D eigenvalue weighted by Gasteiger charge is 2.10. The van der Waals surface area contributed by atoms with Crippen molar-refractivity contribution in [3.05, 3.63) is 47.0 Å². The Labute approximate surface area is 118 Å². The van der Waals surface area contributed by atoms with Crippen LogP contribution in [-0.2, 0) is 13.6 Å². The van der Waals surface area contributed by atoms with Crippen LogP contribution < -0.4 is 10.1 Å². The van der Waals surface area contributed by atoms with Gasteiger partial charge in [0, 0.05) is 31.4 Å². The normalized spacial score (nSPS) is 12.4. The molecule has 0 fully saturated rings. The molecule has 0 amide bonds. The molecule has 2 aromatic rings. The van der Waals surface area contributed by atoms with Gasteiger partial charge in [0.05, 0.1) is 12.8 Å². The lowest BCUT2D eigenvalue weighted by Gasteiger charge is -2.15. The molecule has 4 nitrogen and oxygen atoms in total. The highest BCUT2D eigenvalue weighted by atomic mass is 19.1. The third-order valence-corrected chi connectivity index (χ3v) is 3.39. The molecule has 1 atom stereocenters. The number of nitrogens with one attached hydrogen (secondary N) is 1. The molecule has 5 heteroatoms. The van der Waals surface area contributed by atoms with E-state index >= 15 is 0 Å². The van der Waals surface area contributed by atoms with Crippen LogP contribution in [0.4, 0.5) is 4.39 Å². The van der Waals surface area contributed by atoms with Crippen molar-refractivity contribution < 1.29 is 9.13 Å². The van der Waals surface area contributed by atoms with Crippen molar-refractivity contribution in [1.29, 1.82) is 0 Å². The fraction of sp³-hybridized carbons (Fsp3) is 0.400. The quantitative estimate of drug-likeness (QED) is 0.913. The summed E-state index contributed by atoms with van der Waals surface area (Å²) in [6.07, 6.45) is 1.99. The number of rotatable bonds is 5. The van der Waals surface area contributed by atoms with E-state index in [4.69, 9.17) is 4.74 Å². The second-order valence-electron chi connectivity index (χ2n) is 4.91. The summed E-state index contributed by atoms with van der Waals surface area (Å²) in [5.74, 6) is -0.0692. The Kier molecular flexibility index (Phi) is 4.39. The third-order valence-electron chi connectivity index (χ3n) is 3.39. The summed E-state index contributed by atoms with van der Waals surface area (Å²) in [5.41, 5.74) is 3.05. The molecule has 1 unspecified atom stereocenters. The second-order valence-corrected chi connectivity index (χ2v) is 4.91. The maximum Gasteiger partial charge on any atom is 0.165 e. The van der Waals surface area contributed by atoms with Gasteiger partial charge in [-0.05, 0) is 31.5 Å². The van der Waals surface area contributed by atoms with Gasteiger partial charge in [0.25, 0.3) is 0 Å². The fourth-order valence-electron chi connectivity index (χ4n) is 2.16. The van der Waals surface area contributed by atoms with Crippen LogP contribution in [-0.4, -0.2) is 16.9 Å². The van der Waals surface area contributed by atoms with E-state index in [1.54, 1.807) is 10.7 Å². The van der Waals surface area contributed by atoms with E-state index in [9.17, 15) is 4.39 Å². The molecular weight excluding hydrogens is 257 g/mol. The summed E-state index contributed by atoms with van der Waals surface area (Å²) in [6, 6.07) is 5.08. The summed E-state index contributed by atoms with van der Waals surface area (Å²) in [5, 5.41) is 7.67. The van der Waals surface area contributed by atoms with Crippen molar-refractivity contribution in [2.24, 2.45) is 7.05 Å². The number of halogens is 1. The first-order valence-electron chi connectivity index (χ1n) is 6.57. The number of hydrogen-bond donors (Lipinski definition) is 1. The Balaban J connectivity index is 2.03. The predicted octanol–water partition coefficient (Wildman–Crippen LogP) is 2.73. The van der Waals surface area contributed by atoms with Crippen molar-refractivity contribution in [3.8, 4) is 5.75 Å². The van der Waals surface area contributed by atoms with Gasteiger partial charge in [-0.25, -0.2) is 4.39 Å². The molecule has 1 aromatic carbocycles. The first-order valence-corrected chi connectivity index (χ1v) is 6.57. The molecule has 1 heterocycles. The second kappa shape index (κ2) is 6.05. The minimum atomic E-state index is -0.337. The molecule has 0 spiro atoms. The van der Waals surface area contributed by atoms with E-state index in [0.717, 1.165) is 16.8 Å². The Morgan fingerprint density at radius 2 is 2.20 bits per heavy atom. The maximum absolute atomic E-state index is 13.7. The molecule has 0 bridgehead atoms. The van der Waals surface area contributed by atoms with Gasteiger partial charge in [-0.3, -0.25) is 4.68 Å². The molecule has 2 rings (SSSR count). The molecule has 1 aromatic heterocycles. The van der Waals surface area contributed by atoms with Crippen LogP contribution in [0.25, 0.3) is 0 Å². The van der Waals surface area contributed by atoms with Crippen LogP contribution in [0, 0.1) is 12.7 Å². The Morgan fingerprint density at radius 3 is 2.75 bits per heavy atom. The molecule has 0 aliphatic carbocycles. The molecule has 0 aliphatic heterocycles. The van der Waals surface area contributed by atoms with Crippen molar-refractivity contribution in [3.63, 3.8) is 0 Å². The topological polar surface area (TPSA) is 39.1 Å². The lowest BCUT2D eigenvalue weighted by Crippen LogP contribution is -2.18. The number of methoxy groups -OCH3 is 1. The van der Waals surface area contributed by atoms with Crippen LogP contribution >= 0.6 is 0 Å². The van der Waals surface area contributed by atoms with E-state index in [1.807, 2.05) is 33.2 Å². The monoisotopic (exact) mass is 277 g/mol. The summed E-state index contributed by atoms with van der Waals surface area (Å²) in [4.78, 5) is 0. The van der Waals surface area contributed by atoms with E-state index < -0.39 is 0 Å². The van der Waals surface area contributed by atoms with Crippen molar-refractivity contribution >= 4 is 0 Å². The van der Waals surface area contributed by atoms with Gasteiger partial charge in [-0.1, -0.05) is 6.07 Å². The van der Waals surface area contributed by atoms with Gasteiger partial charge in [0.1, 0.15) is 0 Å². The molecule has 0 radical (unpaired) electrons. The highest BCUT2D eigenvalue weighted by molar-refractivity contribution is 5.31. The summed E-state index contributed by atoms with van der Waals surface area (Å²) >= 11 is 0. The van der Waals surface area contributed by atoms with E-state index in [1.165, 1.54) is 13.2 Å². The highest BCUT2D eigenvalue weighted by Crippen LogP contribution is 2.22. The lowest BCUT2D eigenvalue weighted by atomic mass is 10.1. The largest absolute Gasteiger partial charge is 0.494 e. The standard InChI is InChI=1S/C15H20FN3O/c1-10(12-5-6-15(20-4)14(16)7-12)17-8-13-9-19(3)18-11(13)2/h5-7,9-10,17H,8H2,1-4H3. The SMILES string of the molecule is COc1ccc(C(C)NCc2cn(C)nc2C)cc1F. The van der Waals surface area contributed by atoms with Gasteiger partial charge in [0.15, 0.2) is 11.6 Å². The van der Waals surface area contributed by atoms with Crippen molar-refractivity contribution in [2.75, 3.05) is 7.11 Å². The van der Waals surface area contributed by atoms with Crippen LogP contribution in [0.15, 0.2) is 24.4 Å². The van der Waals surface area contributed by atoms with Gasteiger partial charge in [-0.2, -0.15) is 5.10 Å². The summed E-state index contributed by atoms with van der Waals surface area (Å²) < 4.78 is 20.4. The minimum Gasteiger partial charge on any atom is -0.494 e. The first kappa shape index (κ1) is 14.5. The Bertz CT molecular complexity index is 595. The Morgan fingerprint density at radius 1 is 1.45 bits per heavy atom. The molecular formula is C15H20FN3O. The Hall–Kier alpha value is -1.88. The molecule has 20 heavy (non-hydrogen) atoms. The summed E-state index contributed by atoms with van der Waals surface area (Å²) in [6.45, 7) is 4.69. The third kappa shape index (κ3) is 3.17. The van der Waals surface area contributed by atoms with Crippen LogP contribution in [0.2, 0.25) is 0 Å². The first-order chi connectivity index (χ1) is 9.51. The predicted molar refractivity (Wildman–Crippen MR) is 76.2 cm³/mol. The number of aromatic nitrogens is 2. The molecule has 1 N–H and O–H groups in total. The number of aryl methyl sites for hydroxylation is 2. The van der Waals surface area contributed by atoms with Gasteiger partial charge in [0.2, 0.25) is 0 Å². The van der Waals surface area contributed by atoms with Gasteiger partial charge < -0.3 is 10.1 Å². The van der Waals surface area contributed by atoms with Crippen LogP contribution in [0.5, 0.6) is 5.75 Å². The van der Waals surface area contributed by atoms with E-state index in [-0.39, 0.29) is 17.6 Å². The zero-order valence-corrected chi connectivity index (χ0v) is 12.3. The average Bonchev–Trinajstić information content (AvgIpc) is 2.74. The number of hydrogen-bond acceptors (Lipinski definition) is 3. The van der Waals surface area contributed by atoms with Gasteiger partial charge in [-0.15, -0.1) is 0 Å². The van der Waals surface area contributed by atoms with Crippen LogP contribution in [0.3, 0.4) is 0 Å². The molecule has 0 saturated heterocycles. The minimum absolute atomic E-state index is 0.0509. The smallest absolute Gasteiger partial charge is 0.165 e. The number of nitrogens with zero attached hydrogens (tertiary/aromatic N) is 2.